The van der Waals surface area contributed by atoms with Gasteiger partial charge in [-0.25, -0.2) is 0 Å². The molecule has 0 saturated carbocycles. The number of hydrogen-bond acceptors (Lipinski definition) is 3. The summed E-state index contributed by atoms with van der Waals surface area (Å²) in [5.74, 6) is 0. The van der Waals surface area contributed by atoms with Crippen LogP contribution in [0.25, 0.3) is 0 Å². The quantitative estimate of drug-likeness (QED) is 0.362. The highest BCUT2D eigenvalue weighted by molar-refractivity contribution is 8.77. The minimum absolute atomic E-state index is 1.22. The van der Waals surface area contributed by atoms with Crippen LogP contribution in [0.5, 0.6) is 0 Å². The van der Waals surface area contributed by atoms with E-state index in [1.807, 2.05) is 11.5 Å². The van der Waals surface area contributed by atoms with Crippen LogP contribution in [0.2, 0.25) is 0 Å². The second kappa shape index (κ2) is 6.14. The fourth-order valence-electron chi connectivity index (χ4n) is 0.120. The van der Waals surface area contributed by atoms with Gasteiger partial charge in [0.15, 0.2) is 0 Å². The lowest BCUT2D eigenvalue weighted by molar-refractivity contribution is 2.07. The van der Waals surface area contributed by atoms with Crippen molar-refractivity contribution < 1.29 is 0 Å². The Labute approximate surface area is 51.6 Å². The summed E-state index contributed by atoms with van der Waals surface area (Å²) >= 11 is 0. The SMILES string of the molecule is C=C/C=C\SSN. The van der Waals surface area contributed by atoms with E-state index in [2.05, 4.69) is 6.58 Å². The average molecular weight is 133 g/mol. The molecule has 0 saturated heterocycles. The maximum atomic E-state index is 5.06. The maximum Gasteiger partial charge on any atom is -0.00984 e. The molecular weight excluding hydrogens is 126 g/mol. The first kappa shape index (κ1) is 7.14. The van der Waals surface area contributed by atoms with Gasteiger partial charge in [-0.1, -0.05) is 18.7 Å². The average Bonchev–Trinajstić information content (AvgIpc) is 1.69. The Kier molecular flexibility index (Phi) is 6.26. The molecule has 0 heterocycles. The van der Waals surface area contributed by atoms with E-state index in [0.29, 0.717) is 0 Å². The van der Waals surface area contributed by atoms with Gasteiger partial charge in [0.25, 0.3) is 0 Å². The minimum Gasteiger partial charge on any atom is -0.268 e. The number of rotatable bonds is 3. The van der Waals surface area contributed by atoms with Crippen LogP contribution in [-0.4, -0.2) is 0 Å². The fraction of sp³-hybridized carbons (Fsp3) is 0. The van der Waals surface area contributed by atoms with Crippen molar-refractivity contribution in [3.05, 3.63) is 24.1 Å². The van der Waals surface area contributed by atoms with Crippen LogP contribution in [0.4, 0.5) is 0 Å². The summed E-state index contributed by atoms with van der Waals surface area (Å²) in [6.45, 7) is 3.48. The van der Waals surface area contributed by atoms with Crippen LogP contribution >= 0.6 is 21.8 Å². The third-order valence-corrected chi connectivity index (χ3v) is 1.37. The van der Waals surface area contributed by atoms with Crippen LogP contribution in [-0.2, 0) is 0 Å². The highest BCUT2D eigenvalue weighted by Gasteiger charge is 1.66. The van der Waals surface area contributed by atoms with Crippen molar-refractivity contribution in [1.29, 1.82) is 0 Å². The Morgan fingerprint density at radius 3 is 2.71 bits per heavy atom. The van der Waals surface area contributed by atoms with Crippen molar-refractivity contribution in [3.63, 3.8) is 0 Å². The Hall–Kier alpha value is 0.140. The van der Waals surface area contributed by atoms with Crippen molar-refractivity contribution in [2.24, 2.45) is 5.14 Å². The van der Waals surface area contributed by atoms with Crippen LogP contribution in [0, 0.1) is 0 Å². The van der Waals surface area contributed by atoms with Gasteiger partial charge in [0.1, 0.15) is 0 Å². The van der Waals surface area contributed by atoms with Crippen molar-refractivity contribution in [1.82, 2.24) is 0 Å². The molecule has 0 aliphatic heterocycles. The summed E-state index contributed by atoms with van der Waals surface area (Å²) in [5.41, 5.74) is 0. The van der Waals surface area contributed by atoms with E-state index in [0.717, 1.165) is 0 Å². The standard InChI is InChI=1S/C4H7NS2/c1-2-3-4-6-7-5/h2-4H,1,5H2/b4-3-. The zero-order chi connectivity index (χ0) is 5.54. The summed E-state index contributed by atoms with van der Waals surface area (Å²) < 4.78 is 0. The molecule has 1 nitrogen and oxygen atoms in total. The summed E-state index contributed by atoms with van der Waals surface area (Å²) in [6.07, 6.45) is 3.55. The molecule has 2 N–H and O–H groups in total. The molecule has 0 rings (SSSR count). The van der Waals surface area contributed by atoms with Crippen LogP contribution in [0.3, 0.4) is 0 Å². The molecule has 40 valence electrons. The zero-order valence-corrected chi connectivity index (χ0v) is 5.47. The van der Waals surface area contributed by atoms with E-state index >= 15 is 0 Å². The molecule has 0 aromatic carbocycles. The molecule has 0 fully saturated rings. The molecule has 0 aromatic heterocycles. The molecule has 0 unspecified atom stereocenters. The number of allylic oxidation sites excluding steroid dienone is 2. The molecular formula is C4H7NS2. The van der Waals surface area contributed by atoms with E-state index in [-0.39, 0.29) is 0 Å². The van der Waals surface area contributed by atoms with Gasteiger partial charge in [0.05, 0.1) is 0 Å². The maximum absolute atomic E-state index is 5.06. The predicted octanol–water partition coefficient (Wildman–Crippen LogP) is 1.94. The van der Waals surface area contributed by atoms with Gasteiger partial charge in [-0.2, -0.15) is 0 Å². The monoisotopic (exact) mass is 133 g/mol. The molecule has 0 bridgehead atoms. The number of hydrogen-bond donors (Lipinski definition) is 1. The zero-order valence-electron chi connectivity index (χ0n) is 3.83. The third kappa shape index (κ3) is 6.14. The van der Waals surface area contributed by atoms with E-state index in [9.17, 15) is 0 Å². The van der Waals surface area contributed by atoms with Gasteiger partial charge in [0, 0.05) is 0 Å². The Morgan fingerprint density at radius 1 is 1.57 bits per heavy atom. The van der Waals surface area contributed by atoms with Gasteiger partial charge in [0.2, 0.25) is 0 Å². The van der Waals surface area contributed by atoms with E-state index in [4.69, 9.17) is 5.14 Å². The van der Waals surface area contributed by atoms with Gasteiger partial charge >= 0.3 is 0 Å². The lowest BCUT2D eigenvalue weighted by atomic mass is 10.6. The van der Waals surface area contributed by atoms with Gasteiger partial charge in [-0.05, 0) is 27.2 Å². The molecule has 0 aromatic rings. The second-order valence-corrected chi connectivity index (χ2v) is 2.57. The van der Waals surface area contributed by atoms with Crippen molar-refractivity contribution >= 4 is 21.8 Å². The topological polar surface area (TPSA) is 26.0 Å². The smallest absolute Gasteiger partial charge is 0.00984 e. The lowest BCUT2D eigenvalue weighted by Crippen LogP contribution is -1.63. The predicted molar refractivity (Wildman–Crippen MR) is 38.7 cm³/mol. The highest BCUT2D eigenvalue weighted by Crippen LogP contribution is 2.13. The summed E-state index contributed by atoms with van der Waals surface area (Å²) in [4.78, 5) is 0. The summed E-state index contributed by atoms with van der Waals surface area (Å²) in [7, 11) is 2.70. The molecule has 3 heteroatoms. The summed E-state index contributed by atoms with van der Waals surface area (Å²) in [5, 5.41) is 6.94. The van der Waals surface area contributed by atoms with Crippen LogP contribution in [0.15, 0.2) is 24.1 Å². The molecule has 0 aliphatic carbocycles. The van der Waals surface area contributed by atoms with Crippen molar-refractivity contribution in [3.8, 4) is 0 Å². The van der Waals surface area contributed by atoms with Gasteiger partial charge in [-0.15, -0.1) is 0 Å². The Morgan fingerprint density at radius 2 is 2.29 bits per heavy atom. The minimum atomic E-state index is 1.22. The van der Waals surface area contributed by atoms with E-state index < -0.39 is 0 Å². The Balaban J connectivity index is 2.92. The molecule has 7 heavy (non-hydrogen) atoms. The first-order valence-corrected chi connectivity index (χ1v) is 3.99. The van der Waals surface area contributed by atoms with Gasteiger partial charge in [-0.3, -0.25) is 5.14 Å². The highest BCUT2D eigenvalue weighted by atomic mass is 33.1. The van der Waals surface area contributed by atoms with Crippen molar-refractivity contribution in [2.75, 3.05) is 0 Å². The largest absolute Gasteiger partial charge is 0.268 e. The third-order valence-electron chi connectivity index (χ3n) is 0.326. The molecule has 0 atom stereocenters. The number of nitrogens with two attached hydrogens (primary N) is 1. The first-order chi connectivity index (χ1) is 3.41. The van der Waals surface area contributed by atoms with Gasteiger partial charge < -0.3 is 0 Å². The molecule has 0 aliphatic rings. The first-order valence-electron chi connectivity index (χ1n) is 1.71. The van der Waals surface area contributed by atoms with Crippen LogP contribution in [0.1, 0.15) is 0 Å². The summed E-state index contributed by atoms with van der Waals surface area (Å²) in [6, 6.07) is 0. The fourth-order valence-corrected chi connectivity index (χ4v) is 0.744. The van der Waals surface area contributed by atoms with E-state index in [1.165, 1.54) is 21.8 Å². The normalized spacial score (nSPS) is 9.86. The van der Waals surface area contributed by atoms with Crippen LogP contribution < -0.4 is 5.14 Å². The van der Waals surface area contributed by atoms with E-state index in [1.54, 1.807) is 6.08 Å². The second-order valence-electron chi connectivity index (χ2n) is 0.757. The molecule has 0 radical (unpaired) electrons. The van der Waals surface area contributed by atoms with Crippen molar-refractivity contribution in [2.45, 2.75) is 0 Å². The molecule has 0 amide bonds. The lowest BCUT2D eigenvalue weighted by Gasteiger charge is -1.77. The molecule has 0 spiro atoms. The Bertz CT molecular complexity index is 70.1.